The predicted octanol–water partition coefficient (Wildman–Crippen LogP) is 3.69. The molecule has 0 saturated carbocycles. The van der Waals surface area contributed by atoms with Crippen molar-refractivity contribution in [2.45, 2.75) is 38.3 Å². The van der Waals surface area contributed by atoms with Gasteiger partial charge in [0.05, 0.1) is 6.04 Å². The molecular formula is C19H28N2O2S. The number of hydrogen-bond acceptors (Lipinski definition) is 3. The Labute approximate surface area is 149 Å². The lowest BCUT2D eigenvalue weighted by molar-refractivity contribution is 0.170. The first-order valence-electron chi connectivity index (χ1n) is 9.01. The highest BCUT2D eigenvalue weighted by Gasteiger charge is 2.27. The topological polar surface area (TPSA) is 41.6 Å². The average molecular weight is 349 g/mol. The van der Waals surface area contributed by atoms with E-state index in [4.69, 9.17) is 4.74 Å². The highest BCUT2D eigenvalue weighted by atomic mass is 32.2. The molecule has 1 aromatic carbocycles. The van der Waals surface area contributed by atoms with Crippen LogP contribution in [0.3, 0.4) is 0 Å². The van der Waals surface area contributed by atoms with E-state index in [1.807, 2.05) is 34.9 Å². The Balaban J connectivity index is 1.69. The van der Waals surface area contributed by atoms with Crippen molar-refractivity contribution in [3.63, 3.8) is 0 Å². The minimum atomic E-state index is 0.0634. The first kappa shape index (κ1) is 17.6. The van der Waals surface area contributed by atoms with Gasteiger partial charge in [-0.2, -0.15) is 11.8 Å². The Morgan fingerprint density at radius 1 is 1.33 bits per heavy atom. The Morgan fingerprint density at radius 2 is 2.17 bits per heavy atom. The van der Waals surface area contributed by atoms with Crippen LogP contribution in [0.1, 0.15) is 37.8 Å². The molecule has 2 aliphatic rings. The molecule has 5 heteroatoms. The molecule has 0 spiro atoms. The van der Waals surface area contributed by atoms with Gasteiger partial charge < -0.3 is 15.0 Å². The van der Waals surface area contributed by atoms with Crippen LogP contribution in [-0.4, -0.2) is 48.2 Å². The third-order valence-electron chi connectivity index (χ3n) is 5.04. The Bertz CT molecular complexity index is 519. The molecule has 2 aliphatic heterocycles. The summed E-state index contributed by atoms with van der Waals surface area (Å²) in [4.78, 5) is 14.9. The predicted molar refractivity (Wildman–Crippen MR) is 99.4 cm³/mol. The number of urea groups is 1. The molecule has 2 amide bonds. The number of rotatable bonds is 4. The van der Waals surface area contributed by atoms with E-state index in [9.17, 15) is 4.79 Å². The van der Waals surface area contributed by atoms with Crippen molar-refractivity contribution in [1.82, 2.24) is 10.2 Å². The minimum absolute atomic E-state index is 0.0634. The van der Waals surface area contributed by atoms with Gasteiger partial charge in [0.1, 0.15) is 0 Å². The van der Waals surface area contributed by atoms with Crippen LogP contribution in [0.2, 0.25) is 0 Å². The quantitative estimate of drug-likeness (QED) is 0.902. The normalized spacial score (nSPS) is 26.0. The molecule has 4 nitrogen and oxygen atoms in total. The van der Waals surface area contributed by atoms with Crippen molar-refractivity contribution < 1.29 is 9.53 Å². The van der Waals surface area contributed by atoms with Crippen LogP contribution >= 0.6 is 11.8 Å². The molecule has 0 aromatic heterocycles. The monoisotopic (exact) mass is 348 g/mol. The summed E-state index contributed by atoms with van der Waals surface area (Å²) in [6, 6.07) is 10.8. The first-order valence-corrected chi connectivity index (χ1v) is 10.2. The van der Waals surface area contributed by atoms with Crippen LogP contribution in [-0.2, 0) is 4.74 Å². The van der Waals surface area contributed by atoms with Gasteiger partial charge in [0.15, 0.2) is 0 Å². The molecule has 1 N–H and O–H groups in total. The molecule has 0 bridgehead atoms. The van der Waals surface area contributed by atoms with Crippen LogP contribution in [0.4, 0.5) is 4.79 Å². The number of amides is 2. The van der Waals surface area contributed by atoms with Crippen molar-refractivity contribution in [3.8, 4) is 0 Å². The Hall–Kier alpha value is -1.20. The van der Waals surface area contributed by atoms with E-state index in [1.165, 1.54) is 5.56 Å². The van der Waals surface area contributed by atoms with Gasteiger partial charge in [0, 0.05) is 31.6 Å². The van der Waals surface area contributed by atoms with E-state index >= 15 is 0 Å². The Kier molecular flexibility index (Phi) is 6.44. The van der Waals surface area contributed by atoms with Gasteiger partial charge in [-0.25, -0.2) is 4.79 Å². The van der Waals surface area contributed by atoms with Gasteiger partial charge in [-0.1, -0.05) is 30.3 Å². The molecule has 1 aromatic rings. The summed E-state index contributed by atoms with van der Waals surface area (Å²) in [6.45, 7) is 4.66. The van der Waals surface area contributed by atoms with Crippen molar-refractivity contribution in [2.75, 3.05) is 31.3 Å². The summed E-state index contributed by atoms with van der Waals surface area (Å²) in [5.41, 5.74) is 1.19. The van der Waals surface area contributed by atoms with Crippen molar-refractivity contribution in [2.24, 2.45) is 5.92 Å². The zero-order chi connectivity index (χ0) is 16.8. The van der Waals surface area contributed by atoms with Gasteiger partial charge in [0.25, 0.3) is 0 Å². The maximum atomic E-state index is 12.9. The molecule has 0 radical (unpaired) electrons. The molecule has 24 heavy (non-hydrogen) atoms. The minimum Gasteiger partial charge on any atom is -0.381 e. The number of nitrogens with zero attached hydrogens (tertiary/aromatic N) is 1. The molecule has 2 fully saturated rings. The SMILES string of the molecule is C[C@@H]1CCSCCN1C(=O)N[C@H](C[C@@H]1CCOC1)c1ccccc1. The van der Waals surface area contributed by atoms with E-state index in [2.05, 4.69) is 24.4 Å². The highest BCUT2D eigenvalue weighted by Crippen LogP contribution is 2.27. The first-order chi connectivity index (χ1) is 11.7. The third-order valence-corrected chi connectivity index (χ3v) is 6.04. The summed E-state index contributed by atoms with van der Waals surface area (Å²) in [6.07, 6.45) is 3.12. The third kappa shape index (κ3) is 4.67. The van der Waals surface area contributed by atoms with Gasteiger partial charge in [-0.15, -0.1) is 0 Å². The summed E-state index contributed by atoms with van der Waals surface area (Å²) in [7, 11) is 0. The summed E-state index contributed by atoms with van der Waals surface area (Å²) in [5, 5.41) is 3.31. The fraction of sp³-hybridized carbons (Fsp3) is 0.632. The van der Waals surface area contributed by atoms with Gasteiger partial charge in [-0.05, 0) is 43.4 Å². The second kappa shape index (κ2) is 8.77. The zero-order valence-electron chi connectivity index (χ0n) is 14.4. The van der Waals surface area contributed by atoms with Crippen LogP contribution in [0.15, 0.2) is 30.3 Å². The molecule has 0 unspecified atom stereocenters. The average Bonchev–Trinajstić information content (AvgIpc) is 3.01. The van der Waals surface area contributed by atoms with E-state index < -0.39 is 0 Å². The van der Waals surface area contributed by atoms with Gasteiger partial charge >= 0.3 is 6.03 Å². The number of nitrogens with one attached hydrogen (secondary N) is 1. The molecule has 2 heterocycles. The second-order valence-corrected chi connectivity index (χ2v) is 8.05. The number of thioether (sulfide) groups is 1. The molecule has 3 rings (SSSR count). The van der Waals surface area contributed by atoms with E-state index in [1.54, 1.807) is 0 Å². The van der Waals surface area contributed by atoms with Crippen molar-refractivity contribution >= 4 is 17.8 Å². The maximum Gasteiger partial charge on any atom is 0.318 e. The number of benzene rings is 1. The van der Waals surface area contributed by atoms with Crippen LogP contribution < -0.4 is 5.32 Å². The summed E-state index contributed by atoms with van der Waals surface area (Å²) < 4.78 is 5.52. The van der Waals surface area contributed by atoms with Crippen molar-refractivity contribution in [3.05, 3.63) is 35.9 Å². The van der Waals surface area contributed by atoms with Crippen molar-refractivity contribution in [1.29, 1.82) is 0 Å². The molecule has 0 aliphatic carbocycles. The van der Waals surface area contributed by atoms with E-state index in [-0.39, 0.29) is 12.1 Å². The van der Waals surface area contributed by atoms with E-state index in [0.717, 1.165) is 50.5 Å². The van der Waals surface area contributed by atoms with Gasteiger partial charge in [0.2, 0.25) is 0 Å². The lowest BCUT2D eigenvalue weighted by Crippen LogP contribution is -2.46. The fourth-order valence-electron chi connectivity index (χ4n) is 3.49. The molecule has 3 atom stereocenters. The zero-order valence-corrected chi connectivity index (χ0v) is 15.3. The van der Waals surface area contributed by atoms with Crippen LogP contribution in [0.25, 0.3) is 0 Å². The second-order valence-electron chi connectivity index (χ2n) is 6.82. The van der Waals surface area contributed by atoms with E-state index in [0.29, 0.717) is 12.0 Å². The maximum absolute atomic E-state index is 12.9. The summed E-state index contributed by atoms with van der Waals surface area (Å²) >= 11 is 1.94. The largest absolute Gasteiger partial charge is 0.381 e. The Morgan fingerprint density at radius 3 is 2.92 bits per heavy atom. The number of hydrogen-bond donors (Lipinski definition) is 1. The van der Waals surface area contributed by atoms with Gasteiger partial charge in [-0.3, -0.25) is 0 Å². The van der Waals surface area contributed by atoms with Crippen LogP contribution in [0.5, 0.6) is 0 Å². The number of ether oxygens (including phenoxy) is 1. The number of carbonyl (C=O) groups is 1. The molecule has 132 valence electrons. The number of carbonyl (C=O) groups excluding carboxylic acids is 1. The lowest BCUT2D eigenvalue weighted by atomic mass is 9.94. The summed E-state index contributed by atoms with van der Waals surface area (Å²) in [5.74, 6) is 2.71. The highest BCUT2D eigenvalue weighted by molar-refractivity contribution is 7.99. The fourth-order valence-corrected chi connectivity index (χ4v) is 4.53. The standard InChI is InChI=1S/C19H28N2O2S/c1-15-8-11-24-12-9-21(15)19(22)20-18(13-16-7-10-23-14-16)17-5-3-2-4-6-17/h2-6,15-16,18H,7-14H2,1H3,(H,20,22)/t15-,16+,18-/m1/s1. The van der Waals surface area contributed by atoms with Crippen LogP contribution in [0, 0.1) is 5.92 Å². The molecular weight excluding hydrogens is 320 g/mol. The smallest absolute Gasteiger partial charge is 0.318 e. The molecule has 2 saturated heterocycles. The lowest BCUT2D eigenvalue weighted by Gasteiger charge is -2.30.